The van der Waals surface area contributed by atoms with Crippen molar-refractivity contribution >= 4 is 17.7 Å². The van der Waals surface area contributed by atoms with Crippen molar-refractivity contribution < 1.29 is 19.4 Å². The molecule has 0 radical (unpaired) electrons. The average Bonchev–Trinajstić information content (AvgIpc) is 3.47. The number of alkyl carbamates (subject to hydrolysis) is 1. The fourth-order valence-electron chi connectivity index (χ4n) is 5.15. The van der Waals surface area contributed by atoms with E-state index >= 15 is 0 Å². The highest BCUT2D eigenvalue weighted by molar-refractivity contribution is 5.69. The number of aromatic hydroxyl groups is 1. The third-order valence-corrected chi connectivity index (χ3v) is 6.85. The van der Waals surface area contributed by atoms with Crippen LogP contribution in [0.15, 0.2) is 42.6 Å². The Morgan fingerprint density at radius 1 is 1.18 bits per heavy atom. The number of nitrogens with one attached hydrogen (secondary N) is 1. The van der Waals surface area contributed by atoms with Crippen LogP contribution in [0.25, 0.3) is 11.3 Å². The number of rotatable bonds is 5. The molecular formula is C29H33N7O4. The second kappa shape index (κ2) is 11.3. The maximum atomic E-state index is 11.8. The third kappa shape index (κ3) is 6.51. The molecule has 1 aromatic carbocycles. The monoisotopic (exact) mass is 543 g/mol. The number of hydrogen-bond donors (Lipinski definition) is 3. The van der Waals surface area contributed by atoms with Gasteiger partial charge in [0, 0.05) is 30.9 Å². The van der Waals surface area contributed by atoms with E-state index in [1.165, 1.54) is 0 Å². The normalized spacial score (nSPS) is 19.9. The second-order valence-corrected chi connectivity index (χ2v) is 11.0. The summed E-state index contributed by atoms with van der Waals surface area (Å²) in [4.78, 5) is 22.9. The number of phenolic OH excluding ortho intramolecular Hbond substituents is 1. The Hall–Kier alpha value is -4.59. The van der Waals surface area contributed by atoms with Gasteiger partial charge in [-0.3, -0.25) is 0 Å². The lowest BCUT2D eigenvalue weighted by molar-refractivity contribution is 0.0535. The Morgan fingerprint density at radius 3 is 2.65 bits per heavy atom. The number of carbonyl (C=O) groups excluding carboxylic acids is 1. The molecule has 0 spiro atoms. The molecule has 2 fully saturated rings. The van der Waals surface area contributed by atoms with Crippen LogP contribution in [-0.4, -0.2) is 62.7 Å². The van der Waals surface area contributed by atoms with Crippen LogP contribution in [0.4, 0.5) is 16.4 Å². The maximum absolute atomic E-state index is 11.8. The Labute approximate surface area is 233 Å². The second-order valence-electron chi connectivity index (χ2n) is 11.0. The minimum Gasteiger partial charge on any atom is -0.507 e. The molecule has 1 saturated carbocycles. The van der Waals surface area contributed by atoms with Gasteiger partial charge in [0.15, 0.2) is 11.6 Å². The van der Waals surface area contributed by atoms with Crippen molar-refractivity contribution in [3.63, 3.8) is 0 Å². The number of anilines is 2. The van der Waals surface area contributed by atoms with Crippen LogP contribution in [0.5, 0.6) is 11.5 Å². The van der Waals surface area contributed by atoms with Crippen molar-refractivity contribution in [3.8, 4) is 34.6 Å². The van der Waals surface area contributed by atoms with Gasteiger partial charge in [-0.05, 0) is 69.6 Å². The number of carbonyl (C=O) groups is 1. The van der Waals surface area contributed by atoms with Crippen molar-refractivity contribution in [2.24, 2.45) is 11.8 Å². The molecule has 1 aliphatic heterocycles. The van der Waals surface area contributed by atoms with Gasteiger partial charge in [0.2, 0.25) is 5.82 Å². The zero-order valence-corrected chi connectivity index (χ0v) is 22.8. The SMILES string of the molecule is CC(C)(C)OC(=O)NCC#Cc1nccc(N2CC3CC(Oc4cc(-c5ccccc5O)nnc4N)CC3C2)n1. The quantitative estimate of drug-likeness (QED) is 0.409. The van der Waals surface area contributed by atoms with Gasteiger partial charge in [0.1, 0.15) is 22.9 Å². The summed E-state index contributed by atoms with van der Waals surface area (Å²) in [5, 5.41) is 21.0. The number of ether oxygens (including phenoxy) is 2. The van der Waals surface area contributed by atoms with E-state index in [0.717, 1.165) is 31.7 Å². The molecule has 3 aromatic rings. The summed E-state index contributed by atoms with van der Waals surface area (Å²) < 4.78 is 11.5. The number of aromatic nitrogens is 4. The summed E-state index contributed by atoms with van der Waals surface area (Å²) in [5.74, 6) is 8.78. The summed E-state index contributed by atoms with van der Waals surface area (Å²) in [6.07, 6.45) is 2.99. The minimum absolute atomic E-state index is 0.0187. The topological polar surface area (TPSA) is 149 Å². The summed E-state index contributed by atoms with van der Waals surface area (Å²) in [6.45, 7) is 7.29. The molecule has 11 heteroatoms. The van der Waals surface area contributed by atoms with Crippen LogP contribution in [0.2, 0.25) is 0 Å². The molecule has 1 amide bonds. The Balaban J connectivity index is 1.16. The number of nitrogen functional groups attached to an aromatic ring is 1. The van der Waals surface area contributed by atoms with E-state index in [9.17, 15) is 9.90 Å². The Morgan fingerprint density at radius 2 is 1.93 bits per heavy atom. The van der Waals surface area contributed by atoms with E-state index in [4.69, 9.17) is 15.2 Å². The van der Waals surface area contributed by atoms with Gasteiger partial charge in [0.05, 0.1) is 12.6 Å². The van der Waals surface area contributed by atoms with Crippen LogP contribution in [0, 0.1) is 23.7 Å². The number of benzene rings is 1. The van der Waals surface area contributed by atoms with E-state index in [-0.39, 0.29) is 24.2 Å². The van der Waals surface area contributed by atoms with Crippen molar-refractivity contribution in [3.05, 3.63) is 48.4 Å². The van der Waals surface area contributed by atoms with Gasteiger partial charge >= 0.3 is 6.09 Å². The summed E-state index contributed by atoms with van der Waals surface area (Å²) in [5.41, 5.74) is 6.60. The molecule has 2 unspecified atom stereocenters. The molecule has 2 atom stereocenters. The fourth-order valence-corrected chi connectivity index (χ4v) is 5.15. The highest BCUT2D eigenvalue weighted by Crippen LogP contribution is 2.42. The van der Waals surface area contributed by atoms with E-state index in [2.05, 4.69) is 42.2 Å². The zero-order valence-electron chi connectivity index (χ0n) is 22.8. The molecule has 2 aliphatic rings. The van der Waals surface area contributed by atoms with E-state index in [1.54, 1.807) is 51.2 Å². The Kier molecular flexibility index (Phi) is 7.60. The molecule has 4 N–H and O–H groups in total. The summed E-state index contributed by atoms with van der Waals surface area (Å²) in [7, 11) is 0. The average molecular weight is 544 g/mol. The first-order valence-electron chi connectivity index (χ1n) is 13.3. The highest BCUT2D eigenvalue weighted by atomic mass is 16.6. The van der Waals surface area contributed by atoms with Crippen LogP contribution >= 0.6 is 0 Å². The van der Waals surface area contributed by atoms with E-state index in [0.29, 0.717) is 34.7 Å². The highest BCUT2D eigenvalue weighted by Gasteiger charge is 2.42. The van der Waals surface area contributed by atoms with E-state index in [1.807, 2.05) is 12.1 Å². The number of fused-ring (bicyclic) bond motifs is 1. The number of phenols is 1. The summed E-state index contributed by atoms with van der Waals surface area (Å²) in [6, 6.07) is 10.6. The van der Waals surface area contributed by atoms with Gasteiger partial charge in [-0.15, -0.1) is 10.2 Å². The fraction of sp³-hybridized carbons (Fsp3) is 0.414. The smallest absolute Gasteiger partial charge is 0.408 e. The van der Waals surface area contributed by atoms with Gasteiger partial charge in [-0.25, -0.2) is 14.8 Å². The van der Waals surface area contributed by atoms with E-state index < -0.39 is 11.7 Å². The first-order chi connectivity index (χ1) is 19.1. The number of amides is 1. The molecule has 40 heavy (non-hydrogen) atoms. The van der Waals surface area contributed by atoms with Crippen LogP contribution < -0.4 is 20.7 Å². The van der Waals surface area contributed by atoms with Crippen LogP contribution in [0.3, 0.4) is 0 Å². The molecular weight excluding hydrogens is 510 g/mol. The molecule has 1 saturated heterocycles. The molecule has 11 nitrogen and oxygen atoms in total. The molecule has 2 aromatic heterocycles. The molecule has 0 bridgehead atoms. The number of nitrogens with two attached hydrogens (primary N) is 1. The molecule has 5 rings (SSSR count). The van der Waals surface area contributed by atoms with Crippen LogP contribution in [-0.2, 0) is 4.74 Å². The summed E-state index contributed by atoms with van der Waals surface area (Å²) >= 11 is 0. The maximum Gasteiger partial charge on any atom is 0.408 e. The number of para-hydroxylation sites is 1. The molecule has 1 aliphatic carbocycles. The Bertz CT molecular complexity index is 1430. The van der Waals surface area contributed by atoms with Gasteiger partial charge in [-0.2, -0.15) is 0 Å². The first-order valence-corrected chi connectivity index (χ1v) is 13.3. The first kappa shape index (κ1) is 27.0. The van der Waals surface area contributed by atoms with Gasteiger partial charge < -0.3 is 30.5 Å². The molecule has 208 valence electrons. The lowest BCUT2D eigenvalue weighted by Crippen LogP contribution is -2.32. The lowest BCUT2D eigenvalue weighted by atomic mass is 10.0. The number of hydrogen-bond acceptors (Lipinski definition) is 10. The molecule has 3 heterocycles. The van der Waals surface area contributed by atoms with Crippen molar-refractivity contribution in [2.45, 2.75) is 45.3 Å². The van der Waals surface area contributed by atoms with Crippen molar-refractivity contribution in [1.29, 1.82) is 0 Å². The van der Waals surface area contributed by atoms with Gasteiger partial charge in [0.25, 0.3) is 0 Å². The standard InChI is InChI=1S/C29H33N7O4/c1-29(2,3)40-28(38)32-11-6-9-25-31-12-10-26(33-25)36-16-18-13-20(14-19(18)17-36)39-24-15-22(34-35-27(24)30)21-7-4-5-8-23(21)37/h4-5,7-8,10,12,15,18-20,37H,11,13-14,16-17H2,1-3H3,(H2,30,35)(H,32,38). The van der Waals surface area contributed by atoms with Crippen molar-refractivity contribution in [1.82, 2.24) is 25.5 Å². The zero-order chi connectivity index (χ0) is 28.3. The minimum atomic E-state index is -0.560. The lowest BCUT2D eigenvalue weighted by Gasteiger charge is -2.21. The third-order valence-electron chi connectivity index (χ3n) is 6.85. The van der Waals surface area contributed by atoms with Crippen molar-refractivity contribution in [2.75, 3.05) is 30.3 Å². The van der Waals surface area contributed by atoms with Crippen LogP contribution in [0.1, 0.15) is 39.4 Å². The predicted molar refractivity (Wildman–Crippen MR) is 150 cm³/mol. The largest absolute Gasteiger partial charge is 0.507 e. The van der Waals surface area contributed by atoms with Gasteiger partial charge in [-0.1, -0.05) is 18.1 Å². The number of nitrogens with zero attached hydrogens (tertiary/aromatic N) is 5. The predicted octanol–water partition coefficient (Wildman–Crippen LogP) is 3.39.